The highest BCUT2D eigenvalue weighted by Gasteiger charge is 2.79. The average molecular weight is 486 g/mol. The van der Waals surface area contributed by atoms with E-state index in [4.69, 9.17) is 14.7 Å². The lowest BCUT2D eigenvalue weighted by molar-refractivity contribution is -0.337. The predicted molar refractivity (Wildman–Crippen MR) is 119 cm³/mol. The maximum atomic E-state index is 13.6. The molecule has 4 fully saturated rings. The molecule has 3 aromatic rings. The standard InChI is InChI=1S/C24H25F3N6O2/c1-12-13(2)30-20-17(29-12)18(22-9-23(10-22,11-22)24(25,26)27)31-19(32-20)14-4-5-35-16(6-14)15-7-28-21(34)33(3)8-15/h7-8,14,16H,4-6,9-11H2,1-3H3/t14-,16+,22?,23?/m1/s1. The zero-order valence-corrected chi connectivity index (χ0v) is 19.7. The van der Waals surface area contributed by atoms with E-state index in [0.717, 1.165) is 17.0 Å². The van der Waals surface area contributed by atoms with Crippen LogP contribution in [0, 0.1) is 19.3 Å². The summed E-state index contributed by atoms with van der Waals surface area (Å²) in [5, 5.41) is 0. The highest BCUT2D eigenvalue weighted by Crippen LogP contribution is 2.78. The van der Waals surface area contributed by atoms with E-state index >= 15 is 0 Å². The van der Waals surface area contributed by atoms with Gasteiger partial charge in [0.25, 0.3) is 0 Å². The van der Waals surface area contributed by atoms with Gasteiger partial charge in [-0.15, -0.1) is 0 Å². The summed E-state index contributed by atoms with van der Waals surface area (Å²) in [6, 6.07) is 0. The number of hydrogen-bond donors (Lipinski definition) is 0. The predicted octanol–water partition coefficient (Wildman–Crippen LogP) is 3.75. The Kier molecular flexibility index (Phi) is 4.68. The molecular weight excluding hydrogens is 461 g/mol. The lowest BCUT2D eigenvalue weighted by Gasteiger charge is -2.70. The second-order valence-electron chi connectivity index (χ2n) is 10.4. The molecule has 0 N–H and O–H groups in total. The molecule has 0 aromatic carbocycles. The fraction of sp³-hybridized carbons (Fsp3) is 0.583. The van der Waals surface area contributed by atoms with E-state index in [1.165, 1.54) is 10.8 Å². The van der Waals surface area contributed by atoms with E-state index in [0.29, 0.717) is 42.1 Å². The van der Waals surface area contributed by atoms with Crippen LogP contribution >= 0.6 is 0 Å². The molecule has 3 saturated carbocycles. The minimum atomic E-state index is -4.20. The minimum absolute atomic E-state index is 0.0454. The molecule has 3 aliphatic carbocycles. The van der Waals surface area contributed by atoms with Gasteiger partial charge in [0.15, 0.2) is 5.65 Å². The van der Waals surface area contributed by atoms with Crippen LogP contribution in [-0.4, -0.2) is 42.3 Å². The summed E-state index contributed by atoms with van der Waals surface area (Å²) >= 11 is 0. The number of aromatic nitrogens is 6. The zero-order chi connectivity index (χ0) is 24.8. The summed E-state index contributed by atoms with van der Waals surface area (Å²) in [6.07, 6.45) is 0.141. The molecule has 3 aromatic heterocycles. The van der Waals surface area contributed by atoms with Gasteiger partial charge in [0.2, 0.25) is 0 Å². The van der Waals surface area contributed by atoms with Crippen molar-refractivity contribution in [3.05, 3.63) is 51.3 Å². The van der Waals surface area contributed by atoms with Gasteiger partial charge in [-0.05, 0) is 46.0 Å². The third-order valence-electron chi connectivity index (χ3n) is 8.08. The fourth-order valence-electron chi connectivity index (χ4n) is 5.98. The Morgan fingerprint density at radius 2 is 1.80 bits per heavy atom. The first-order chi connectivity index (χ1) is 16.5. The number of rotatable bonds is 3. The Hall–Kier alpha value is -2.95. The summed E-state index contributed by atoms with van der Waals surface area (Å²) in [5.74, 6) is 0.503. The van der Waals surface area contributed by atoms with Crippen LogP contribution < -0.4 is 5.69 Å². The molecule has 0 unspecified atom stereocenters. The van der Waals surface area contributed by atoms with Gasteiger partial charge in [-0.1, -0.05) is 0 Å². The number of alkyl halides is 3. The summed E-state index contributed by atoms with van der Waals surface area (Å²) in [5.41, 5.74) is 1.25. The molecule has 8 nitrogen and oxygen atoms in total. The van der Waals surface area contributed by atoms with E-state index in [-0.39, 0.29) is 37.0 Å². The van der Waals surface area contributed by atoms with Gasteiger partial charge in [-0.25, -0.2) is 29.7 Å². The molecule has 2 atom stereocenters. The lowest BCUT2D eigenvalue weighted by Crippen LogP contribution is -2.70. The molecule has 4 aliphatic rings. The molecule has 11 heteroatoms. The van der Waals surface area contributed by atoms with Gasteiger partial charge in [0.05, 0.1) is 28.6 Å². The van der Waals surface area contributed by atoms with Gasteiger partial charge >= 0.3 is 11.9 Å². The first-order valence-corrected chi connectivity index (χ1v) is 11.7. The molecular formula is C24H25F3N6O2. The number of ether oxygens (including phenoxy) is 1. The maximum Gasteiger partial charge on any atom is 0.394 e. The van der Waals surface area contributed by atoms with E-state index in [1.54, 1.807) is 13.2 Å². The largest absolute Gasteiger partial charge is 0.394 e. The minimum Gasteiger partial charge on any atom is -0.373 e. The number of fused-ring (bicyclic) bond motifs is 1. The second-order valence-corrected chi connectivity index (χ2v) is 10.4. The first kappa shape index (κ1) is 22.5. The molecule has 0 amide bonds. The van der Waals surface area contributed by atoms with E-state index in [1.807, 2.05) is 13.8 Å². The molecule has 7 rings (SSSR count). The Labute approximate surface area is 199 Å². The molecule has 0 radical (unpaired) electrons. The lowest BCUT2D eigenvalue weighted by atomic mass is 9.34. The van der Waals surface area contributed by atoms with Crippen LogP contribution in [-0.2, 0) is 17.2 Å². The molecule has 184 valence electrons. The fourth-order valence-corrected chi connectivity index (χ4v) is 5.98. The quantitative estimate of drug-likeness (QED) is 0.556. The summed E-state index contributed by atoms with van der Waals surface area (Å²) in [7, 11) is 1.64. The van der Waals surface area contributed by atoms with Crippen molar-refractivity contribution >= 4 is 11.2 Å². The van der Waals surface area contributed by atoms with Crippen molar-refractivity contribution in [1.82, 2.24) is 29.5 Å². The van der Waals surface area contributed by atoms with Crippen LogP contribution in [0.3, 0.4) is 0 Å². The monoisotopic (exact) mass is 486 g/mol. The molecule has 1 saturated heterocycles. The molecule has 35 heavy (non-hydrogen) atoms. The number of hydrogen-bond acceptors (Lipinski definition) is 7. The Balaban J connectivity index is 1.38. The third kappa shape index (κ3) is 3.30. The third-order valence-corrected chi connectivity index (χ3v) is 8.08. The molecule has 1 aliphatic heterocycles. The molecule has 4 heterocycles. The number of halogens is 3. The average Bonchev–Trinajstić information content (AvgIpc) is 2.74. The van der Waals surface area contributed by atoms with Crippen molar-refractivity contribution in [3.8, 4) is 0 Å². The summed E-state index contributed by atoms with van der Waals surface area (Å²) in [6.45, 7) is 4.15. The van der Waals surface area contributed by atoms with E-state index in [2.05, 4.69) is 15.0 Å². The number of aryl methyl sites for hydroxylation is 3. The maximum absolute atomic E-state index is 13.6. The zero-order valence-electron chi connectivity index (χ0n) is 19.7. The Bertz CT molecular complexity index is 1400. The summed E-state index contributed by atoms with van der Waals surface area (Å²) < 4.78 is 48.1. The first-order valence-electron chi connectivity index (χ1n) is 11.7. The highest BCUT2D eigenvalue weighted by molar-refractivity contribution is 5.75. The topological polar surface area (TPSA) is 95.7 Å². The van der Waals surface area contributed by atoms with E-state index in [9.17, 15) is 18.0 Å². The normalized spacial score (nSPS) is 30.1. The summed E-state index contributed by atoms with van der Waals surface area (Å²) in [4.78, 5) is 34.5. The van der Waals surface area contributed by atoms with Gasteiger partial charge in [0.1, 0.15) is 11.3 Å². The van der Waals surface area contributed by atoms with Crippen LogP contribution in [0.4, 0.5) is 13.2 Å². The van der Waals surface area contributed by atoms with Crippen molar-refractivity contribution in [3.63, 3.8) is 0 Å². The molecule has 0 spiro atoms. The van der Waals surface area contributed by atoms with Crippen LogP contribution in [0.2, 0.25) is 0 Å². The number of nitrogens with zero attached hydrogens (tertiary/aromatic N) is 6. The smallest absolute Gasteiger partial charge is 0.373 e. The van der Waals surface area contributed by atoms with Gasteiger partial charge in [0, 0.05) is 42.9 Å². The van der Waals surface area contributed by atoms with Crippen molar-refractivity contribution in [2.45, 2.75) is 69.6 Å². The second kappa shape index (κ2) is 7.28. The van der Waals surface area contributed by atoms with Gasteiger partial charge < -0.3 is 9.30 Å². The van der Waals surface area contributed by atoms with Crippen LogP contribution in [0.1, 0.15) is 72.6 Å². The van der Waals surface area contributed by atoms with Gasteiger partial charge in [-0.3, -0.25) is 0 Å². The van der Waals surface area contributed by atoms with E-state index < -0.39 is 17.0 Å². The molecule has 2 bridgehead atoms. The Morgan fingerprint density at radius 3 is 2.49 bits per heavy atom. The van der Waals surface area contributed by atoms with Gasteiger partial charge in [-0.2, -0.15) is 13.2 Å². The SMILES string of the molecule is Cc1nc2nc([C@@H]3CCO[C@H](c4cnc(=O)n(C)c4)C3)nc(C34CC(C(F)(F)F)(C3)C4)c2nc1C. The van der Waals surface area contributed by atoms with Crippen molar-refractivity contribution < 1.29 is 17.9 Å². The van der Waals surface area contributed by atoms with Crippen molar-refractivity contribution in [2.24, 2.45) is 12.5 Å². The van der Waals surface area contributed by atoms with Crippen LogP contribution in [0.5, 0.6) is 0 Å². The highest BCUT2D eigenvalue weighted by atomic mass is 19.4. The van der Waals surface area contributed by atoms with Crippen LogP contribution in [0.15, 0.2) is 17.2 Å². The van der Waals surface area contributed by atoms with Crippen LogP contribution in [0.25, 0.3) is 11.2 Å². The van der Waals surface area contributed by atoms with Crippen molar-refractivity contribution in [1.29, 1.82) is 0 Å². The van der Waals surface area contributed by atoms with Crippen molar-refractivity contribution in [2.75, 3.05) is 6.61 Å². The Morgan fingerprint density at radius 1 is 1.09 bits per heavy atom.